The van der Waals surface area contributed by atoms with Gasteiger partial charge in [-0.1, -0.05) is 48.5 Å². The second-order valence-corrected chi connectivity index (χ2v) is 8.88. The Kier molecular flexibility index (Phi) is 5.05. The minimum absolute atomic E-state index is 0.00660. The topological polar surface area (TPSA) is 90.9 Å². The van der Waals surface area contributed by atoms with Crippen LogP contribution >= 0.6 is 0 Å². The third kappa shape index (κ3) is 3.46. The second kappa shape index (κ2) is 7.96. The van der Waals surface area contributed by atoms with Crippen molar-refractivity contribution in [2.45, 2.75) is 26.2 Å². The largest absolute Gasteiger partial charge is 0.508 e. The van der Waals surface area contributed by atoms with E-state index in [0.29, 0.717) is 34.1 Å². The third-order valence-electron chi connectivity index (χ3n) is 6.43. The van der Waals surface area contributed by atoms with Crippen LogP contribution in [0.3, 0.4) is 0 Å². The van der Waals surface area contributed by atoms with Gasteiger partial charge in [-0.3, -0.25) is 0 Å². The van der Waals surface area contributed by atoms with E-state index in [0.717, 1.165) is 16.7 Å². The van der Waals surface area contributed by atoms with Gasteiger partial charge in [0.05, 0.1) is 10.9 Å². The molecule has 0 aliphatic heterocycles. The number of allylic oxidation sites excluding steroid dienone is 2. The van der Waals surface area contributed by atoms with Crippen LogP contribution in [0.2, 0.25) is 0 Å². The van der Waals surface area contributed by atoms with Crippen LogP contribution in [0.25, 0.3) is 16.7 Å². The average Bonchev–Trinajstić information content (AvgIpc) is 2.78. The number of phenols is 1. The summed E-state index contributed by atoms with van der Waals surface area (Å²) in [5.41, 5.74) is 4.86. The van der Waals surface area contributed by atoms with Crippen molar-refractivity contribution in [2.75, 3.05) is 0 Å². The van der Waals surface area contributed by atoms with Crippen LogP contribution in [0.15, 0.2) is 87.6 Å². The minimum Gasteiger partial charge on any atom is -0.508 e. The normalized spacial score (nSPS) is 14.4. The molecular formula is C29H24O5. The number of aryl methyl sites for hydroxylation is 2. The Labute approximate surface area is 196 Å². The molecule has 0 radical (unpaired) electrons. The van der Waals surface area contributed by atoms with Crippen molar-refractivity contribution in [1.82, 2.24) is 0 Å². The predicted octanol–water partition coefficient (Wildman–Crippen LogP) is 6.03. The molecule has 4 aromatic rings. The smallest absolute Gasteiger partial charge is 0.344 e. The van der Waals surface area contributed by atoms with Gasteiger partial charge >= 0.3 is 5.63 Å². The van der Waals surface area contributed by atoms with Gasteiger partial charge in [0.1, 0.15) is 22.8 Å². The Morgan fingerprint density at radius 3 is 2.32 bits per heavy atom. The highest BCUT2D eigenvalue weighted by Gasteiger charge is 2.34. The van der Waals surface area contributed by atoms with Gasteiger partial charge in [-0.15, -0.1) is 0 Å². The molecule has 0 saturated heterocycles. The number of hydrogen-bond donors (Lipinski definition) is 3. The van der Waals surface area contributed by atoms with E-state index in [9.17, 15) is 20.1 Å². The number of aliphatic hydroxyl groups is 1. The number of phenolic OH excluding ortho intramolecular Hbond substituents is 1. The van der Waals surface area contributed by atoms with E-state index < -0.39 is 11.5 Å². The highest BCUT2D eigenvalue weighted by Crippen LogP contribution is 2.46. The molecule has 1 heterocycles. The Morgan fingerprint density at radius 1 is 0.912 bits per heavy atom. The lowest BCUT2D eigenvalue weighted by Gasteiger charge is -2.29. The van der Waals surface area contributed by atoms with Gasteiger partial charge in [0.15, 0.2) is 0 Å². The maximum absolute atomic E-state index is 13.3. The summed E-state index contributed by atoms with van der Waals surface area (Å²) < 4.78 is 5.63. The monoisotopic (exact) mass is 452 g/mol. The van der Waals surface area contributed by atoms with E-state index in [4.69, 9.17) is 4.42 Å². The quantitative estimate of drug-likeness (QED) is 0.330. The van der Waals surface area contributed by atoms with Gasteiger partial charge in [0.2, 0.25) is 0 Å². The average molecular weight is 453 g/mol. The van der Waals surface area contributed by atoms with Crippen LogP contribution in [-0.4, -0.2) is 15.3 Å². The van der Waals surface area contributed by atoms with Gasteiger partial charge in [-0.25, -0.2) is 4.79 Å². The van der Waals surface area contributed by atoms with Crippen LogP contribution in [0, 0.1) is 13.8 Å². The Hall–Kier alpha value is -4.25. The lowest BCUT2D eigenvalue weighted by Crippen LogP contribution is -2.20. The van der Waals surface area contributed by atoms with E-state index in [1.54, 1.807) is 24.3 Å². The van der Waals surface area contributed by atoms with Crippen molar-refractivity contribution >= 4 is 16.7 Å². The zero-order valence-electron chi connectivity index (χ0n) is 18.9. The van der Waals surface area contributed by atoms with Crippen LogP contribution in [-0.2, 0) is 6.42 Å². The molecule has 5 rings (SSSR count). The fraction of sp³-hybridized carbons (Fsp3) is 0.138. The zero-order valence-corrected chi connectivity index (χ0v) is 18.9. The summed E-state index contributed by atoms with van der Waals surface area (Å²) >= 11 is 0. The summed E-state index contributed by atoms with van der Waals surface area (Å²) in [5.74, 6) is -0.988. The molecule has 5 heteroatoms. The number of aliphatic hydroxyl groups excluding tert-OH is 1. The maximum Gasteiger partial charge on any atom is 0.344 e. The number of rotatable bonds is 3. The van der Waals surface area contributed by atoms with Gasteiger partial charge in [0.25, 0.3) is 0 Å². The molecule has 0 amide bonds. The predicted molar refractivity (Wildman–Crippen MR) is 132 cm³/mol. The second-order valence-electron chi connectivity index (χ2n) is 8.88. The van der Waals surface area contributed by atoms with Gasteiger partial charge in [-0.2, -0.15) is 0 Å². The van der Waals surface area contributed by atoms with E-state index in [1.165, 1.54) is 12.1 Å². The number of benzene rings is 3. The standard InChI is InChI=1S/C29H24O5/c1-15-4-10-21-19(12-15)14-17(3)24(27(21)31)25(18-6-8-20(30)9-7-18)26-28(32)22-11-5-16(2)13-23(22)34-29(26)33/h4-13,25,30-32H,3,14H2,1-2H3. The van der Waals surface area contributed by atoms with Crippen LogP contribution in [0.5, 0.6) is 11.5 Å². The molecule has 3 N–H and O–H groups in total. The van der Waals surface area contributed by atoms with E-state index in [-0.39, 0.29) is 28.4 Å². The van der Waals surface area contributed by atoms with Crippen molar-refractivity contribution in [3.8, 4) is 11.5 Å². The maximum atomic E-state index is 13.3. The number of fused-ring (bicyclic) bond motifs is 2. The van der Waals surface area contributed by atoms with Crippen LogP contribution in [0.4, 0.5) is 0 Å². The molecular weight excluding hydrogens is 428 g/mol. The fourth-order valence-electron chi connectivity index (χ4n) is 4.78. The molecule has 0 fully saturated rings. The Bertz CT molecular complexity index is 1550. The summed E-state index contributed by atoms with van der Waals surface area (Å²) in [6.07, 6.45) is 0.490. The minimum atomic E-state index is -0.857. The highest BCUT2D eigenvalue weighted by molar-refractivity contribution is 5.86. The molecule has 1 aromatic heterocycles. The molecule has 0 spiro atoms. The molecule has 5 nitrogen and oxygen atoms in total. The molecule has 170 valence electrons. The number of aromatic hydroxyl groups is 2. The van der Waals surface area contributed by atoms with Crippen LogP contribution < -0.4 is 5.63 Å². The summed E-state index contributed by atoms with van der Waals surface area (Å²) in [4.78, 5) is 13.3. The molecule has 3 aromatic carbocycles. The number of hydrogen-bond acceptors (Lipinski definition) is 5. The Morgan fingerprint density at radius 2 is 1.59 bits per heavy atom. The molecule has 1 unspecified atom stereocenters. The highest BCUT2D eigenvalue weighted by atomic mass is 16.4. The summed E-state index contributed by atoms with van der Waals surface area (Å²) in [7, 11) is 0. The van der Waals surface area contributed by atoms with Crippen molar-refractivity contribution < 1.29 is 19.7 Å². The summed E-state index contributed by atoms with van der Waals surface area (Å²) in [6, 6.07) is 17.4. The van der Waals surface area contributed by atoms with Gasteiger partial charge < -0.3 is 19.7 Å². The van der Waals surface area contributed by atoms with Crippen molar-refractivity contribution in [1.29, 1.82) is 0 Å². The van der Waals surface area contributed by atoms with Crippen LogP contribution in [0.1, 0.15) is 39.3 Å². The van der Waals surface area contributed by atoms with Crippen molar-refractivity contribution in [3.05, 3.63) is 122 Å². The lowest BCUT2D eigenvalue weighted by molar-refractivity contribution is 0.453. The molecule has 0 saturated carbocycles. The Balaban J connectivity index is 1.84. The molecule has 1 aliphatic rings. The van der Waals surface area contributed by atoms with E-state index >= 15 is 0 Å². The van der Waals surface area contributed by atoms with Crippen molar-refractivity contribution in [3.63, 3.8) is 0 Å². The van der Waals surface area contributed by atoms with E-state index in [1.807, 2.05) is 38.1 Å². The summed E-state index contributed by atoms with van der Waals surface area (Å²) in [5, 5.41) is 33.0. The molecule has 34 heavy (non-hydrogen) atoms. The first-order chi connectivity index (χ1) is 16.2. The summed E-state index contributed by atoms with van der Waals surface area (Å²) in [6.45, 7) is 8.07. The molecule has 1 atom stereocenters. The SMILES string of the molecule is C=C1Cc2cc(C)ccc2C(O)=C1C(c1ccc(O)cc1)c1c(O)c2ccc(C)cc2oc1=O. The molecule has 1 aliphatic carbocycles. The third-order valence-corrected chi connectivity index (χ3v) is 6.43. The van der Waals surface area contributed by atoms with E-state index in [2.05, 4.69) is 6.58 Å². The first kappa shape index (κ1) is 21.6. The van der Waals surface area contributed by atoms with Crippen molar-refractivity contribution in [2.24, 2.45) is 0 Å². The molecule has 0 bridgehead atoms. The fourth-order valence-corrected chi connectivity index (χ4v) is 4.78. The lowest BCUT2D eigenvalue weighted by atomic mass is 9.75. The first-order valence-electron chi connectivity index (χ1n) is 11.0. The van der Waals surface area contributed by atoms with Gasteiger partial charge in [-0.05, 0) is 66.8 Å². The van der Waals surface area contributed by atoms with Gasteiger partial charge in [0, 0.05) is 17.1 Å². The first-order valence-corrected chi connectivity index (χ1v) is 11.0. The zero-order chi connectivity index (χ0) is 24.1.